The predicted molar refractivity (Wildman–Crippen MR) is 68.5 cm³/mol. The largest absolute Gasteiger partial charge is 0.461 e. The maximum absolute atomic E-state index is 9.82. The molecular weight excluding hydrogens is 320 g/mol. The second kappa shape index (κ2) is 6.17. The molecule has 19 heavy (non-hydrogen) atoms. The maximum atomic E-state index is 9.82. The Labute approximate surface area is 118 Å². The van der Waals surface area contributed by atoms with Crippen molar-refractivity contribution in [1.29, 1.82) is 0 Å². The molecule has 106 valence electrons. The molecule has 2 rings (SSSR count). The third kappa shape index (κ3) is 3.07. The van der Waals surface area contributed by atoms with Crippen LogP contribution in [0.15, 0.2) is 28.7 Å². The molecular formula is C12H15BrO6. The summed E-state index contributed by atoms with van der Waals surface area (Å²) in [6.45, 7) is -0.485. The number of hydrogen-bond acceptors (Lipinski definition) is 6. The van der Waals surface area contributed by atoms with E-state index >= 15 is 0 Å². The van der Waals surface area contributed by atoms with Gasteiger partial charge in [-0.15, -0.1) is 0 Å². The van der Waals surface area contributed by atoms with Crippen LogP contribution in [0.3, 0.4) is 0 Å². The molecule has 1 saturated heterocycles. The van der Waals surface area contributed by atoms with Gasteiger partial charge in [0.2, 0.25) is 6.29 Å². The lowest BCUT2D eigenvalue weighted by molar-refractivity contribution is -0.277. The number of aliphatic hydroxyl groups excluding tert-OH is 4. The Bertz CT molecular complexity index is 426. The molecule has 5 atom stereocenters. The van der Waals surface area contributed by atoms with E-state index in [2.05, 4.69) is 15.9 Å². The van der Waals surface area contributed by atoms with Crippen LogP contribution in [0.2, 0.25) is 0 Å². The molecule has 4 N–H and O–H groups in total. The van der Waals surface area contributed by atoms with Crippen LogP contribution in [-0.2, 0) is 4.74 Å². The van der Waals surface area contributed by atoms with Crippen molar-refractivity contribution < 1.29 is 29.9 Å². The van der Waals surface area contributed by atoms with E-state index in [9.17, 15) is 15.3 Å². The number of hydrogen-bond donors (Lipinski definition) is 4. The molecule has 1 aromatic carbocycles. The Morgan fingerprint density at radius 3 is 2.42 bits per heavy atom. The van der Waals surface area contributed by atoms with Gasteiger partial charge in [-0.1, -0.05) is 12.1 Å². The molecule has 1 heterocycles. The van der Waals surface area contributed by atoms with Gasteiger partial charge in [-0.05, 0) is 28.1 Å². The van der Waals surface area contributed by atoms with Crippen molar-refractivity contribution in [3.05, 3.63) is 28.7 Å². The van der Waals surface area contributed by atoms with Crippen LogP contribution in [0.1, 0.15) is 0 Å². The molecule has 0 amide bonds. The van der Waals surface area contributed by atoms with E-state index in [0.717, 1.165) is 0 Å². The summed E-state index contributed by atoms with van der Waals surface area (Å²) in [6, 6.07) is 6.94. The van der Waals surface area contributed by atoms with Crippen molar-refractivity contribution in [3.8, 4) is 5.75 Å². The lowest BCUT2D eigenvalue weighted by Gasteiger charge is -2.39. The van der Waals surface area contributed by atoms with E-state index in [-0.39, 0.29) is 0 Å². The number of aliphatic hydroxyl groups is 4. The fourth-order valence-corrected chi connectivity index (χ4v) is 2.21. The first-order valence-corrected chi connectivity index (χ1v) is 6.55. The molecule has 0 unspecified atom stereocenters. The fraction of sp³-hybridized carbons (Fsp3) is 0.500. The smallest absolute Gasteiger partial charge is 0.229 e. The first kappa shape index (κ1) is 14.7. The van der Waals surface area contributed by atoms with Crippen LogP contribution in [-0.4, -0.2) is 57.7 Å². The quantitative estimate of drug-likeness (QED) is 0.602. The van der Waals surface area contributed by atoms with E-state index in [1.165, 1.54) is 0 Å². The topological polar surface area (TPSA) is 99.4 Å². The van der Waals surface area contributed by atoms with Crippen molar-refractivity contribution >= 4 is 15.9 Å². The zero-order chi connectivity index (χ0) is 14.0. The number of para-hydroxylation sites is 1. The highest BCUT2D eigenvalue weighted by Crippen LogP contribution is 2.29. The van der Waals surface area contributed by atoms with Crippen molar-refractivity contribution in [3.63, 3.8) is 0 Å². The average molecular weight is 335 g/mol. The predicted octanol–water partition coefficient (Wildman–Crippen LogP) is -0.372. The molecule has 0 aromatic heterocycles. The molecule has 6 nitrogen and oxygen atoms in total. The third-order valence-electron chi connectivity index (χ3n) is 2.93. The molecule has 0 saturated carbocycles. The summed E-state index contributed by atoms with van der Waals surface area (Å²) in [5.41, 5.74) is 0. The zero-order valence-electron chi connectivity index (χ0n) is 9.89. The number of rotatable bonds is 3. The first-order chi connectivity index (χ1) is 9.04. The minimum Gasteiger partial charge on any atom is -0.461 e. The Morgan fingerprint density at radius 1 is 1.11 bits per heavy atom. The number of halogens is 1. The Kier molecular flexibility index (Phi) is 4.77. The van der Waals surface area contributed by atoms with Crippen molar-refractivity contribution in [2.24, 2.45) is 0 Å². The Hall–Kier alpha value is -0.700. The Balaban J connectivity index is 2.13. The molecule has 1 aliphatic heterocycles. The number of benzene rings is 1. The van der Waals surface area contributed by atoms with Crippen molar-refractivity contribution in [2.75, 3.05) is 6.61 Å². The molecule has 7 heteroatoms. The van der Waals surface area contributed by atoms with Gasteiger partial charge in [0.05, 0.1) is 11.1 Å². The molecule has 0 spiro atoms. The Morgan fingerprint density at radius 2 is 1.79 bits per heavy atom. The third-order valence-corrected chi connectivity index (χ3v) is 3.58. The second-order valence-corrected chi connectivity index (χ2v) is 5.10. The lowest BCUT2D eigenvalue weighted by atomic mass is 9.99. The molecule has 1 fully saturated rings. The van der Waals surface area contributed by atoms with Gasteiger partial charge >= 0.3 is 0 Å². The summed E-state index contributed by atoms with van der Waals surface area (Å²) < 4.78 is 11.3. The molecule has 1 aromatic rings. The van der Waals surface area contributed by atoms with Crippen LogP contribution < -0.4 is 4.74 Å². The monoisotopic (exact) mass is 334 g/mol. The number of ether oxygens (including phenoxy) is 2. The molecule has 0 bridgehead atoms. The standard InChI is InChI=1S/C12H15BrO6/c13-6-3-1-2-4-7(6)18-12-11(17)10(16)9(15)8(5-14)19-12/h1-4,8-12,14-17H,5H2/t8-,9-,10+,11-,12+/m1/s1. The average Bonchev–Trinajstić information content (AvgIpc) is 2.41. The van der Waals surface area contributed by atoms with E-state index in [1.54, 1.807) is 24.3 Å². The van der Waals surface area contributed by atoms with Crippen LogP contribution in [0.5, 0.6) is 5.75 Å². The van der Waals surface area contributed by atoms with Crippen LogP contribution >= 0.6 is 15.9 Å². The van der Waals surface area contributed by atoms with E-state index in [0.29, 0.717) is 10.2 Å². The minimum atomic E-state index is -1.45. The minimum absolute atomic E-state index is 0.423. The van der Waals surface area contributed by atoms with Gasteiger partial charge in [0.1, 0.15) is 30.2 Å². The van der Waals surface area contributed by atoms with Gasteiger partial charge in [0, 0.05) is 0 Å². The van der Waals surface area contributed by atoms with Gasteiger partial charge in [-0.3, -0.25) is 0 Å². The summed E-state index contributed by atoms with van der Waals surface area (Å²) >= 11 is 3.28. The van der Waals surface area contributed by atoms with Gasteiger partial charge in [-0.2, -0.15) is 0 Å². The zero-order valence-corrected chi connectivity index (χ0v) is 11.5. The molecule has 0 aliphatic carbocycles. The van der Waals surface area contributed by atoms with Crippen LogP contribution in [0.25, 0.3) is 0 Å². The van der Waals surface area contributed by atoms with E-state index in [4.69, 9.17) is 14.6 Å². The summed E-state index contributed by atoms with van der Waals surface area (Å²) in [4.78, 5) is 0. The summed E-state index contributed by atoms with van der Waals surface area (Å²) in [5, 5.41) is 38.1. The highest BCUT2D eigenvalue weighted by Gasteiger charge is 2.44. The molecule has 1 aliphatic rings. The maximum Gasteiger partial charge on any atom is 0.229 e. The SMILES string of the molecule is OC[C@H]1O[C@H](Oc2ccccc2Br)[C@H](O)[C@@H](O)[C@@H]1O. The summed E-state index contributed by atoms with van der Waals surface area (Å²) in [5.74, 6) is 0.423. The van der Waals surface area contributed by atoms with Gasteiger partial charge in [0.15, 0.2) is 0 Å². The highest BCUT2D eigenvalue weighted by molar-refractivity contribution is 9.10. The highest BCUT2D eigenvalue weighted by atomic mass is 79.9. The summed E-state index contributed by atoms with van der Waals surface area (Å²) in [7, 11) is 0. The van der Waals surface area contributed by atoms with E-state index in [1.807, 2.05) is 0 Å². The summed E-state index contributed by atoms with van der Waals surface area (Å²) in [6.07, 6.45) is -6.40. The van der Waals surface area contributed by atoms with E-state index < -0.39 is 37.3 Å². The normalized spacial score (nSPS) is 35.1. The second-order valence-electron chi connectivity index (χ2n) is 4.25. The molecule has 0 radical (unpaired) electrons. The lowest BCUT2D eigenvalue weighted by Crippen LogP contribution is -2.60. The van der Waals surface area contributed by atoms with Gasteiger partial charge in [-0.25, -0.2) is 0 Å². The fourth-order valence-electron chi connectivity index (χ4n) is 1.83. The van der Waals surface area contributed by atoms with Crippen molar-refractivity contribution in [2.45, 2.75) is 30.7 Å². The van der Waals surface area contributed by atoms with Crippen molar-refractivity contribution in [1.82, 2.24) is 0 Å². The van der Waals surface area contributed by atoms with Crippen LogP contribution in [0, 0.1) is 0 Å². The van der Waals surface area contributed by atoms with Crippen LogP contribution in [0.4, 0.5) is 0 Å². The van der Waals surface area contributed by atoms with Gasteiger partial charge in [0.25, 0.3) is 0 Å². The first-order valence-electron chi connectivity index (χ1n) is 5.76. The van der Waals surface area contributed by atoms with Gasteiger partial charge < -0.3 is 29.9 Å².